The smallest absolute Gasteiger partial charge is 0.240 e. The first-order chi connectivity index (χ1) is 11.6. The van der Waals surface area contributed by atoms with Gasteiger partial charge in [0.1, 0.15) is 0 Å². The Labute approximate surface area is 146 Å². The summed E-state index contributed by atoms with van der Waals surface area (Å²) in [6, 6.07) is 8.29. The maximum atomic E-state index is 12.0. The van der Waals surface area contributed by atoms with Gasteiger partial charge in [0.2, 0.25) is 10.0 Å². The van der Waals surface area contributed by atoms with E-state index in [0.717, 1.165) is 6.42 Å². The van der Waals surface area contributed by atoms with E-state index in [1.807, 2.05) is 0 Å². The van der Waals surface area contributed by atoms with Gasteiger partial charge in [-0.25, -0.2) is 13.1 Å². The maximum absolute atomic E-state index is 12.0. The topological polar surface area (TPSA) is 96.6 Å². The highest BCUT2D eigenvalue weighted by Crippen LogP contribution is 2.06. The fraction of sp³-hybridized carbons (Fsp3) is 0.588. The number of hydrogen-bond acceptors (Lipinski definition) is 3. The van der Waals surface area contributed by atoms with Gasteiger partial charge in [0.15, 0.2) is 5.96 Å². The predicted octanol–water partition coefficient (Wildman–Crippen LogP) is 2.23. The number of benzene rings is 1. The van der Waals surface area contributed by atoms with E-state index < -0.39 is 10.0 Å². The third-order valence-corrected chi connectivity index (χ3v) is 5.05. The Morgan fingerprint density at radius 1 is 1.04 bits per heavy atom. The van der Waals surface area contributed by atoms with Crippen LogP contribution in [0.4, 0.5) is 0 Å². The molecule has 0 aliphatic carbocycles. The summed E-state index contributed by atoms with van der Waals surface area (Å²) in [7, 11) is -3.46. The number of aliphatic imine (C=N–C) groups is 1. The first-order valence-corrected chi connectivity index (χ1v) is 10.1. The zero-order valence-corrected chi connectivity index (χ0v) is 15.3. The van der Waals surface area contributed by atoms with Crippen molar-refractivity contribution >= 4 is 16.0 Å². The standard InChI is InChI=1S/C17H30N4O2S/c1-2-3-4-5-6-10-13-19-17(18)20-14-15-21-24(22,23)16-11-8-7-9-12-16/h7-9,11-12,21H,2-6,10,13-15H2,1H3,(H3,18,19,20). The van der Waals surface area contributed by atoms with Crippen LogP contribution in [0.25, 0.3) is 0 Å². The van der Waals surface area contributed by atoms with E-state index in [4.69, 9.17) is 5.73 Å². The van der Waals surface area contributed by atoms with E-state index in [2.05, 4.69) is 22.0 Å². The molecule has 0 aliphatic heterocycles. The molecular weight excluding hydrogens is 324 g/mol. The monoisotopic (exact) mass is 354 g/mol. The first kappa shape index (κ1) is 20.4. The number of guanidine groups is 1. The van der Waals surface area contributed by atoms with Gasteiger partial charge in [-0.3, -0.25) is 4.99 Å². The van der Waals surface area contributed by atoms with Crippen LogP contribution in [0.1, 0.15) is 45.4 Å². The second-order valence-corrected chi connectivity index (χ2v) is 7.44. The Kier molecular flexibility index (Phi) is 10.1. The number of nitrogens with zero attached hydrogens (tertiary/aromatic N) is 1. The molecule has 1 rings (SSSR count). The molecule has 0 unspecified atom stereocenters. The molecule has 4 N–H and O–H groups in total. The van der Waals surface area contributed by atoms with E-state index >= 15 is 0 Å². The van der Waals surface area contributed by atoms with Gasteiger partial charge < -0.3 is 11.1 Å². The van der Waals surface area contributed by atoms with Crippen molar-refractivity contribution in [3.8, 4) is 0 Å². The van der Waals surface area contributed by atoms with Gasteiger partial charge in [0.05, 0.1) is 4.90 Å². The third-order valence-electron chi connectivity index (χ3n) is 3.57. The van der Waals surface area contributed by atoms with Crippen LogP contribution in [0, 0.1) is 0 Å². The van der Waals surface area contributed by atoms with Crippen LogP contribution in [-0.2, 0) is 10.0 Å². The Bertz CT molecular complexity index is 574. The lowest BCUT2D eigenvalue weighted by atomic mass is 10.1. The minimum atomic E-state index is -3.46. The Balaban J connectivity index is 2.14. The molecule has 0 saturated heterocycles. The number of nitrogens with two attached hydrogens (primary N) is 1. The van der Waals surface area contributed by atoms with E-state index in [0.29, 0.717) is 19.0 Å². The van der Waals surface area contributed by atoms with Gasteiger partial charge in [0.25, 0.3) is 0 Å². The average molecular weight is 355 g/mol. The van der Waals surface area contributed by atoms with E-state index in [1.165, 1.54) is 32.1 Å². The lowest BCUT2D eigenvalue weighted by Gasteiger charge is -2.08. The van der Waals surface area contributed by atoms with Crippen LogP contribution in [-0.4, -0.2) is 34.0 Å². The third kappa shape index (κ3) is 8.88. The zero-order chi connectivity index (χ0) is 17.7. The largest absolute Gasteiger partial charge is 0.370 e. The van der Waals surface area contributed by atoms with Gasteiger partial charge >= 0.3 is 0 Å². The molecule has 0 amide bonds. The molecule has 0 saturated carbocycles. The van der Waals surface area contributed by atoms with Crippen molar-refractivity contribution in [1.82, 2.24) is 10.0 Å². The summed E-state index contributed by atoms with van der Waals surface area (Å²) in [6.45, 7) is 3.57. The Hall–Kier alpha value is -1.60. The van der Waals surface area contributed by atoms with E-state index in [9.17, 15) is 8.42 Å². The van der Waals surface area contributed by atoms with Crippen molar-refractivity contribution in [3.63, 3.8) is 0 Å². The number of hydrogen-bond donors (Lipinski definition) is 3. The number of sulfonamides is 1. The fourth-order valence-electron chi connectivity index (χ4n) is 2.21. The molecule has 6 nitrogen and oxygen atoms in total. The maximum Gasteiger partial charge on any atom is 0.240 e. The fourth-order valence-corrected chi connectivity index (χ4v) is 3.26. The van der Waals surface area contributed by atoms with Gasteiger partial charge in [-0.2, -0.15) is 0 Å². The van der Waals surface area contributed by atoms with Crippen molar-refractivity contribution in [2.45, 2.75) is 50.3 Å². The van der Waals surface area contributed by atoms with Crippen molar-refractivity contribution in [2.75, 3.05) is 19.6 Å². The van der Waals surface area contributed by atoms with Gasteiger partial charge in [0, 0.05) is 19.6 Å². The molecule has 1 aromatic carbocycles. The van der Waals surface area contributed by atoms with Crippen molar-refractivity contribution in [2.24, 2.45) is 10.7 Å². The number of nitrogens with one attached hydrogen (secondary N) is 2. The summed E-state index contributed by atoms with van der Waals surface area (Å²) in [5.74, 6) is 0.363. The van der Waals surface area contributed by atoms with Crippen molar-refractivity contribution < 1.29 is 8.42 Å². The molecular formula is C17H30N4O2S. The summed E-state index contributed by atoms with van der Waals surface area (Å²) in [4.78, 5) is 4.50. The van der Waals surface area contributed by atoms with Gasteiger partial charge in [-0.1, -0.05) is 57.2 Å². The highest BCUT2D eigenvalue weighted by molar-refractivity contribution is 7.89. The quantitative estimate of drug-likeness (QED) is 0.305. The molecule has 0 aromatic heterocycles. The summed E-state index contributed by atoms with van der Waals surface area (Å²) in [5.41, 5.74) is 5.76. The predicted molar refractivity (Wildman–Crippen MR) is 99.5 cm³/mol. The minimum Gasteiger partial charge on any atom is -0.370 e. The Morgan fingerprint density at radius 3 is 2.42 bits per heavy atom. The molecule has 0 heterocycles. The molecule has 0 aliphatic rings. The van der Waals surface area contributed by atoms with Crippen LogP contribution in [0.3, 0.4) is 0 Å². The summed E-state index contributed by atoms with van der Waals surface area (Å²) in [6.07, 6.45) is 7.29. The van der Waals surface area contributed by atoms with Crippen LogP contribution in [0.2, 0.25) is 0 Å². The van der Waals surface area contributed by atoms with Gasteiger partial charge in [-0.05, 0) is 18.6 Å². The molecule has 0 spiro atoms. The lowest BCUT2D eigenvalue weighted by molar-refractivity contribution is 0.580. The summed E-state index contributed by atoms with van der Waals surface area (Å²) < 4.78 is 26.5. The van der Waals surface area contributed by atoms with Crippen molar-refractivity contribution in [1.29, 1.82) is 0 Å². The molecule has 1 aromatic rings. The van der Waals surface area contributed by atoms with Gasteiger partial charge in [-0.15, -0.1) is 0 Å². The van der Waals surface area contributed by atoms with E-state index in [-0.39, 0.29) is 11.4 Å². The zero-order valence-electron chi connectivity index (χ0n) is 14.5. The SMILES string of the molecule is CCCCCCCCN=C(N)NCCNS(=O)(=O)c1ccccc1. The van der Waals surface area contributed by atoms with Crippen LogP contribution in [0.5, 0.6) is 0 Å². The molecule has 0 atom stereocenters. The molecule has 0 fully saturated rings. The number of rotatable bonds is 12. The van der Waals surface area contributed by atoms with E-state index in [1.54, 1.807) is 30.3 Å². The lowest BCUT2D eigenvalue weighted by Crippen LogP contribution is -2.38. The van der Waals surface area contributed by atoms with Crippen LogP contribution < -0.4 is 15.8 Å². The average Bonchev–Trinajstić information content (AvgIpc) is 2.59. The summed E-state index contributed by atoms with van der Waals surface area (Å²) >= 11 is 0. The van der Waals surface area contributed by atoms with Crippen molar-refractivity contribution in [3.05, 3.63) is 30.3 Å². The molecule has 24 heavy (non-hydrogen) atoms. The number of unbranched alkanes of at least 4 members (excludes halogenated alkanes) is 5. The summed E-state index contributed by atoms with van der Waals surface area (Å²) in [5, 5.41) is 2.92. The van der Waals surface area contributed by atoms with Crippen LogP contribution in [0.15, 0.2) is 40.2 Å². The minimum absolute atomic E-state index is 0.254. The second-order valence-electron chi connectivity index (χ2n) is 5.67. The molecule has 0 radical (unpaired) electrons. The highest BCUT2D eigenvalue weighted by atomic mass is 32.2. The Morgan fingerprint density at radius 2 is 1.71 bits per heavy atom. The second kappa shape index (κ2) is 11.9. The molecule has 0 bridgehead atoms. The highest BCUT2D eigenvalue weighted by Gasteiger charge is 2.11. The van der Waals surface area contributed by atoms with Crippen LogP contribution >= 0.6 is 0 Å². The molecule has 136 valence electrons. The molecule has 7 heteroatoms. The normalized spacial score (nSPS) is 12.3. The first-order valence-electron chi connectivity index (χ1n) is 8.64.